The number of ether oxygens (including phenoxy) is 2. The Morgan fingerprint density at radius 1 is 1.12 bits per heavy atom. The zero-order valence-corrected chi connectivity index (χ0v) is 16.4. The summed E-state index contributed by atoms with van der Waals surface area (Å²) in [4.78, 5) is 12.4. The molecule has 0 fully saturated rings. The number of amides is 1. The van der Waals surface area contributed by atoms with Gasteiger partial charge in [-0.15, -0.1) is 0 Å². The summed E-state index contributed by atoms with van der Waals surface area (Å²) >= 11 is 0. The SMILES string of the molecule is COc1cc2c(cc1OC)N(C)S(=O)(=O)C(C(=O)NC(C)(C)C)=C2C. The van der Waals surface area contributed by atoms with Crippen LogP contribution in [-0.2, 0) is 14.8 Å². The van der Waals surface area contributed by atoms with Gasteiger partial charge in [0.25, 0.3) is 15.9 Å². The molecule has 1 N–H and O–H groups in total. The molecule has 0 unspecified atom stereocenters. The number of nitrogens with one attached hydrogen (secondary N) is 1. The standard InChI is InChI=1S/C17H24N2O5S/c1-10-11-8-13(23-6)14(24-7)9-12(11)19(5)25(21,22)15(10)16(20)18-17(2,3)4/h8-9H,1-7H3,(H,18,20). The molecule has 8 heteroatoms. The molecule has 1 aromatic rings. The Morgan fingerprint density at radius 2 is 1.64 bits per heavy atom. The van der Waals surface area contributed by atoms with Crippen molar-refractivity contribution in [2.45, 2.75) is 33.2 Å². The highest BCUT2D eigenvalue weighted by atomic mass is 32.2. The Kier molecular flexibility index (Phi) is 4.78. The van der Waals surface area contributed by atoms with Crippen molar-refractivity contribution in [1.82, 2.24) is 5.32 Å². The van der Waals surface area contributed by atoms with E-state index in [-0.39, 0.29) is 4.91 Å². The summed E-state index contributed by atoms with van der Waals surface area (Å²) in [5.74, 6) is 0.250. The Morgan fingerprint density at radius 3 is 2.12 bits per heavy atom. The van der Waals surface area contributed by atoms with Crippen LogP contribution in [0, 0.1) is 0 Å². The van der Waals surface area contributed by atoms with Gasteiger partial charge < -0.3 is 14.8 Å². The van der Waals surface area contributed by atoms with Gasteiger partial charge in [-0.25, -0.2) is 8.42 Å². The third kappa shape index (κ3) is 3.30. The second-order valence-corrected chi connectivity index (χ2v) is 8.76. The number of fused-ring (bicyclic) bond motifs is 1. The van der Waals surface area contributed by atoms with Gasteiger partial charge in [-0.05, 0) is 39.3 Å². The molecule has 0 aliphatic carbocycles. The lowest BCUT2D eigenvalue weighted by atomic mass is 10.0. The number of methoxy groups -OCH3 is 2. The van der Waals surface area contributed by atoms with Crippen LogP contribution < -0.4 is 19.1 Å². The molecule has 0 bridgehead atoms. The van der Waals surface area contributed by atoms with E-state index in [1.54, 1.807) is 39.8 Å². The third-order valence-electron chi connectivity index (χ3n) is 3.90. The molecule has 1 aliphatic heterocycles. The van der Waals surface area contributed by atoms with Crippen LogP contribution in [0.4, 0.5) is 5.69 Å². The van der Waals surface area contributed by atoms with E-state index in [9.17, 15) is 13.2 Å². The summed E-state index contributed by atoms with van der Waals surface area (Å²) in [7, 11) is 0.416. The monoisotopic (exact) mass is 368 g/mol. The van der Waals surface area contributed by atoms with Gasteiger partial charge in [0.1, 0.15) is 0 Å². The highest BCUT2D eigenvalue weighted by molar-refractivity contribution is 7.97. The average Bonchev–Trinajstić information content (AvgIpc) is 2.49. The molecular formula is C17H24N2O5S. The Hall–Kier alpha value is -2.22. The molecule has 1 amide bonds. The minimum absolute atomic E-state index is 0.260. The zero-order chi connectivity index (χ0) is 19.2. The molecule has 2 rings (SSSR count). The largest absolute Gasteiger partial charge is 0.493 e. The molecule has 0 saturated heterocycles. The lowest BCUT2D eigenvalue weighted by Gasteiger charge is -2.31. The first-order chi connectivity index (χ1) is 11.4. The maximum Gasteiger partial charge on any atom is 0.269 e. The van der Waals surface area contributed by atoms with Crippen molar-refractivity contribution in [2.75, 3.05) is 25.6 Å². The van der Waals surface area contributed by atoms with Crippen LogP contribution in [0.3, 0.4) is 0 Å². The van der Waals surface area contributed by atoms with Gasteiger partial charge in [-0.2, -0.15) is 0 Å². The molecule has 7 nitrogen and oxygen atoms in total. The molecule has 0 radical (unpaired) electrons. The smallest absolute Gasteiger partial charge is 0.269 e. The number of sulfonamides is 1. The lowest BCUT2D eigenvalue weighted by molar-refractivity contribution is -0.118. The van der Waals surface area contributed by atoms with E-state index >= 15 is 0 Å². The fourth-order valence-electron chi connectivity index (χ4n) is 2.70. The number of benzene rings is 1. The zero-order valence-electron chi connectivity index (χ0n) is 15.6. The summed E-state index contributed by atoms with van der Waals surface area (Å²) in [6.07, 6.45) is 0. The summed E-state index contributed by atoms with van der Waals surface area (Å²) in [6, 6.07) is 3.27. The summed E-state index contributed by atoms with van der Waals surface area (Å²) < 4.78 is 37.4. The third-order valence-corrected chi connectivity index (χ3v) is 5.82. The molecule has 0 aromatic heterocycles. The van der Waals surface area contributed by atoms with Crippen LogP contribution in [0.25, 0.3) is 5.57 Å². The van der Waals surface area contributed by atoms with Crippen LogP contribution in [0.2, 0.25) is 0 Å². The Labute approximate surface area is 148 Å². The predicted molar refractivity (Wildman–Crippen MR) is 97.4 cm³/mol. The highest BCUT2D eigenvalue weighted by Gasteiger charge is 2.39. The summed E-state index contributed by atoms with van der Waals surface area (Å²) in [6.45, 7) is 7.00. The van der Waals surface area contributed by atoms with Crippen LogP contribution >= 0.6 is 0 Å². The predicted octanol–water partition coefficient (Wildman–Crippen LogP) is 2.13. The van der Waals surface area contributed by atoms with Gasteiger partial charge in [0.2, 0.25) is 0 Å². The van der Waals surface area contributed by atoms with Gasteiger partial charge >= 0.3 is 0 Å². The molecule has 0 saturated carbocycles. The minimum Gasteiger partial charge on any atom is -0.493 e. The number of nitrogens with zero attached hydrogens (tertiary/aromatic N) is 1. The van der Waals surface area contributed by atoms with Crippen molar-refractivity contribution in [1.29, 1.82) is 0 Å². The normalized spacial score (nSPS) is 16.4. The summed E-state index contributed by atoms with van der Waals surface area (Å²) in [5, 5.41) is 2.72. The van der Waals surface area contributed by atoms with Gasteiger partial charge in [0.05, 0.1) is 19.9 Å². The highest BCUT2D eigenvalue weighted by Crippen LogP contribution is 2.44. The van der Waals surface area contributed by atoms with Gasteiger partial charge in [-0.1, -0.05) is 0 Å². The Bertz CT molecular complexity index is 851. The number of allylic oxidation sites excluding steroid dienone is 1. The molecule has 1 aliphatic rings. The fraction of sp³-hybridized carbons (Fsp3) is 0.471. The van der Waals surface area contributed by atoms with Crippen LogP contribution in [-0.4, -0.2) is 41.1 Å². The van der Waals surface area contributed by atoms with Gasteiger partial charge in [0, 0.05) is 24.2 Å². The number of hydrogen-bond acceptors (Lipinski definition) is 5. The first kappa shape index (κ1) is 19.1. The fourth-order valence-corrected chi connectivity index (χ4v) is 4.16. The molecule has 138 valence electrons. The van der Waals surface area contributed by atoms with E-state index in [0.717, 1.165) is 4.31 Å². The molecule has 0 atom stereocenters. The lowest BCUT2D eigenvalue weighted by Crippen LogP contribution is -2.45. The van der Waals surface area contributed by atoms with Crippen molar-refractivity contribution in [3.8, 4) is 11.5 Å². The second kappa shape index (κ2) is 6.25. The first-order valence-corrected chi connectivity index (χ1v) is 9.16. The number of hydrogen-bond donors (Lipinski definition) is 1. The quantitative estimate of drug-likeness (QED) is 0.883. The molecular weight excluding hydrogens is 344 g/mol. The van der Waals surface area contributed by atoms with E-state index in [4.69, 9.17) is 9.47 Å². The topological polar surface area (TPSA) is 84.9 Å². The number of carbonyl (C=O) groups excluding carboxylic acids is 1. The van der Waals surface area contributed by atoms with E-state index in [0.29, 0.717) is 28.3 Å². The maximum absolute atomic E-state index is 12.9. The van der Waals surface area contributed by atoms with Crippen molar-refractivity contribution < 1.29 is 22.7 Å². The minimum atomic E-state index is -3.98. The van der Waals surface area contributed by atoms with E-state index in [1.165, 1.54) is 21.3 Å². The number of carbonyl (C=O) groups is 1. The van der Waals surface area contributed by atoms with Gasteiger partial charge in [0.15, 0.2) is 16.4 Å². The van der Waals surface area contributed by atoms with Crippen LogP contribution in [0.5, 0.6) is 11.5 Å². The second-order valence-electron chi connectivity index (χ2n) is 6.86. The molecule has 1 heterocycles. The molecule has 25 heavy (non-hydrogen) atoms. The number of rotatable bonds is 3. The van der Waals surface area contributed by atoms with E-state index in [1.807, 2.05) is 0 Å². The van der Waals surface area contributed by atoms with Crippen molar-refractivity contribution in [3.05, 3.63) is 22.6 Å². The van der Waals surface area contributed by atoms with E-state index in [2.05, 4.69) is 5.32 Å². The number of anilines is 1. The molecule has 1 aromatic carbocycles. The van der Waals surface area contributed by atoms with Crippen molar-refractivity contribution >= 4 is 27.2 Å². The molecule has 0 spiro atoms. The van der Waals surface area contributed by atoms with E-state index < -0.39 is 21.5 Å². The Balaban J connectivity index is 2.75. The summed E-state index contributed by atoms with van der Waals surface area (Å²) in [5.41, 5.74) is 0.850. The van der Waals surface area contributed by atoms with Gasteiger partial charge in [-0.3, -0.25) is 9.10 Å². The van der Waals surface area contributed by atoms with Crippen molar-refractivity contribution in [2.24, 2.45) is 0 Å². The van der Waals surface area contributed by atoms with Crippen LogP contribution in [0.15, 0.2) is 17.0 Å². The average molecular weight is 368 g/mol. The first-order valence-electron chi connectivity index (χ1n) is 7.72. The van der Waals surface area contributed by atoms with Crippen molar-refractivity contribution in [3.63, 3.8) is 0 Å². The maximum atomic E-state index is 12.9. The van der Waals surface area contributed by atoms with Crippen LogP contribution in [0.1, 0.15) is 33.3 Å².